The summed E-state index contributed by atoms with van der Waals surface area (Å²) >= 11 is 0. The van der Waals surface area contributed by atoms with Crippen LogP contribution in [0.1, 0.15) is 47.0 Å². The number of aromatic nitrogens is 5. The predicted molar refractivity (Wildman–Crippen MR) is 130 cm³/mol. The lowest BCUT2D eigenvalue weighted by Gasteiger charge is -2.42. The number of nitriles is 1. The standard InChI is InChI=1S/C26H28N8/c1-16-23(21-15-30-32(3)17(21)2)34-22(6-9-29-34)25(31-16)33-10-7-26(8-11-33)13-19-5-4-18(14-27)12-20(19)24(26)28/h4-6,9,12,15,24H,7-8,10-11,13,28H2,1-3H3/t24-/m0/s1. The first-order chi connectivity index (χ1) is 16.4. The van der Waals surface area contributed by atoms with E-state index in [0.29, 0.717) is 5.56 Å². The Morgan fingerprint density at radius 2 is 1.94 bits per heavy atom. The Hall–Kier alpha value is -3.70. The molecule has 3 aromatic heterocycles. The smallest absolute Gasteiger partial charge is 0.155 e. The second-order valence-corrected chi connectivity index (χ2v) is 9.79. The molecule has 1 aliphatic heterocycles. The van der Waals surface area contributed by atoms with Crippen LogP contribution in [0.2, 0.25) is 0 Å². The van der Waals surface area contributed by atoms with Gasteiger partial charge in [-0.05, 0) is 67.9 Å². The largest absolute Gasteiger partial charge is 0.355 e. The highest BCUT2D eigenvalue weighted by Crippen LogP contribution is 2.51. The highest BCUT2D eigenvalue weighted by Gasteiger charge is 2.46. The van der Waals surface area contributed by atoms with E-state index in [0.717, 1.165) is 71.9 Å². The van der Waals surface area contributed by atoms with Gasteiger partial charge in [-0.15, -0.1) is 0 Å². The number of nitrogens with zero attached hydrogens (tertiary/aromatic N) is 7. The van der Waals surface area contributed by atoms with E-state index >= 15 is 0 Å². The molecule has 1 spiro atoms. The average Bonchev–Trinajstić information content (AvgIpc) is 3.52. The van der Waals surface area contributed by atoms with Crippen molar-refractivity contribution in [3.05, 3.63) is 64.7 Å². The number of anilines is 1. The Labute approximate surface area is 198 Å². The van der Waals surface area contributed by atoms with E-state index < -0.39 is 0 Å². The highest BCUT2D eigenvalue weighted by molar-refractivity contribution is 5.76. The fourth-order valence-corrected chi connectivity index (χ4v) is 5.93. The molecule has 1 fully saturated rings. The molecule has 34 heavy (non-hydrogen) atoms. The molecule has 172 valence electrons. The van der Waals surface area contributed by atoms with Gasteiger partial charge in [0, 0.05) is 37.4 Å². The third-order valence-corrected chi connectivity index (χ3v) is 8.06. The van der Waals surface area contributed by atoms with E-state index in [1.807, 2.05) is 53.8 Å². The van der Waals surface area contributed by atoms with Gasteiger partial charge in [0.15, 0.2) is 5.82 Å². The van der Waals surface area contributed by atoms with E-state index in [1.54, 1.807) is 0 Å². The zero-order valence-corrected chi connectivity index (χ0v) is 19.8. The molecule has 1 aromatic carbocycles. The molecule has 1 saturated heterocycles. The summed E-state index contributed by atoms with van der Waals surface area (Å²) in [5, 5.41) is 18.4. The van der Waals surface area contributed by atoms with Crippen LogP contribution >= 0.6 is 0 Å². The minimum atomic E-state index is -0.0291. The summed E-state index contributed by atoms with van der Waals surface area (Å²) in [6.45, 7) is 5.91. The molecule has 6 rings (SSSR count). The van der Waals surface area contributed by atoms with Gasteiger partial charge < -0.3 is 10.6 Å². The zero-order valence-electron chi connectivity index (χ0n) is 19.8. The van der Waals surface area contributed by atoms with Gasteiger partial charge in [0.05, 0.1) is 35.4 Å². The zero-order chi connectivity index (χ0) is 23.6. The first-order valence-electron chi connectivity index (χ1n) is 11.8. The van der Waals surface area contributed by atoms with Gasteiger partial charge in [-0.25, -0.2) is 9.50 Å². The van der Waals surface area contributed by atoms with Crippen LogP contribution in [0.3, 0.4) is 0 Å². The van der Waals surface area contributed by atoms with E-state index in [2.05, 4.69) is 34.2 Å². The number of rotatable bonds is 2. The van der Waals surface area contributed by atoms with Gasteiger partial charge in [0.2, 0.25) is 0 Å². The van der Waals surface area contributed by atoms with Crippen LogP contribution in [0.15, 0.2) is 36.7 Å². The maximum atomic E-state index is 9.30. The van der Waals surface area contributed by atoms with E-state index in [9.17, 15) is 5.26 Å². The highest BCUT2D eigenvalue weighted by atomic mass is 15.3. The number of hydrogen-bond donors (Lipinski definition) is 1. The molecular formula is C26H28N8. The van der Waals surface area contributed by atoms with Gasteiger partial charge in [0.25, 0.3) is 0 Å². The van der Waals surface area contributed by atoms with Crippen LogP contribution in [0.25, 0.3) is 16.8 Å². The number of benzene rings is 1. The van der Waals surface area contributed by atoms with Crippen LogP contribution in [0, 0.1) is 30.6 Å². The van der Waals surface area contributed by atoms with Crippen LogP contribution in [0.5, 0.6) is 0 Å². The summed E-state index contributed by atoms with van der Waals surface area (Å²) in [6, 6.07) is 10.3. The van der Waals surface area contributed by atoms with Crippen LogP contribution in [-0.2, 0) is 13.5 Å². The molecule has 0 saturated carbocycles. The number of fused-ring (bicyclic) bond motifs is 2. The summed E-state index contributed by atoms with van der Waals surface area (Å²) in [5.41, 5.74) is 15.1. The fourth-order valence-electron chi connectivity index (χ4n) is 5.93. The molecule has 1 atom stereocenters. The molecular weight excluding hydrogens is 424 g/mol. The molecule has 2 N–H and O–H groups in total. The number of hydrogen-bond acceptors (Lipinski definition) is 6. The van der Waals surface area contributed by atoms with E-state index in [-0.39, 0.29) is 11.5 Å². The number of nitrogens with two attached hydrogens (primary N) is 1. The Morgan fingerprint density at radius 3 is 2.65 bits per heavy atom. The lowest BCUT2D eigenvalue weighted by Crippen LogP contribution is -2.44. The van der Waals surface area contributed by atoms with Crippen molar-refractivity contribution < 1.29 is 0 Å². The molecule has 0 bridgehead atoms. The van der Waals surface area contributed by atoms with Crippen LogP contribution in [0.4, 0.5) is 5.82 Å². The number of aryl methyl sites for hydroxylation is 2. The van der Waals surface area contributed by atoms with Crippen LogP contribution in [-0.4, -0.2) is 37.5 Å². The summed E-state index contributed by atoms with van der Waals surface area (Å²) in [5.74, 6) is 0.978. The molecule has 4 aromatic rings. The van der Waals surface area contributed by atoms with Crippen molar-refractivity contribution in [2.45, 2.75) is 39.2 Å². The monoisotopic (exact) mass is 452 g/mol. The van der Waals surface area contributed by atoms with Gasteiger partial charge in [0.1, 0.15) is 5.52 Å². The maximum absolute atomic E-state index is 9.30. The van der Waals surface area contributed by atoms with Crippen molar-refractivity contribution in [3.63, 3.8) is 0 Å². The minimum Gasteiger partial charge on any atom is -0.355 e. The lowest BCUT2D eigenvalue weighted by molar-refractivity contribution is 0.187. The molecule has 8 nitrogen and oxygen atoms in total. The van der Waals surface area contributed by atoms with Crippen molar-refractivity contribution in [1.29, 1.82) is 5.26 Å². The van der Waals surface area contributed by atoms with Gasteiger partial charge in [-0.1, -0.05) is 6.07 Å². The summed E-state index contributed by atoms with van der Waals surface area (Å²) in [4.78, 5) is 7.46. The molecule has 1 aliphatic carbocycles. The Balaban J connectivity index is 1.32. The molecule has 0 amide bonds. The van der Waals surface area contributed by atoms with Gasteiger partial charge >= 0.3 is 0 Å². The SMILES string of the molecule is Cc1nc(N2CCC3(CC2)Cc2ccc(C#N)cc2[C@@H]3N)c2ccnn2c1-c1cnn(C)c1C. The summed E-state index contributed by atoms with van der Waals surface area (Å²) in [7, 11) is 1.95. The van der Waals surface area contributed by atoms with E-state index in [4.69, 9.17) is 10.7 Å². The van der Waals surface area contributed by atoms with Crippen molar-refractivity contribution in [2.75, 3.05) is 18.0 Å². The molecule has 4 heterocycles. The summed E-state index contributed by atoms with van der Waals surface area (Å²) < 4.78 is 3.89. The van der Waals surface area contributed by atoms with Crippen molar-refractivity contribution in [3.8, 4) is 17.3 Å². The molecule has 8 heteroatoms. The molecule has 0 radical (unpaired) electrons. The minimum absolute atomic E-state index is 0.0291. The van der Waals surface area contributed by atoms with Crippen molar-refractivity contribution in [1.82, 2.24) is 24.4 Å². The maximum Gasteiger partial charge on any atom is 0.155 e. The molecule has 2 aliphatic rings. The quantitative estimate of drug-likeness (QED) is 0.500. The second-order valence-electron chi connectivity index (χ2n) is 9.79. The van der Waals surface area contributed by atoms with Crippen molar-refractivity contribution in [2.24, 2.45) is 18.2 Å². The van der Waals surface area contributed by atoms with Crippen molar-refractivity contribution >= 4 is 11.3 Å². The fraction of sp³-hybridized carbons (Fsp3) is 0.385. The van der Waals surface area contributed by atoms with Crippen LogP contribution < -0.4 is 10.6 Å². The van der Waals surface area contributed by atoms with Gasteiger partial charge in [-0.2, -0.15) is 15.5 Å². The third kappa shape index (κ3) is 2.90. The Bertz CT molecular complexity index is 1460. The molecule has 0 unspecified atom stereocenters. The van der Waals surface area contributed by atoms with E-state index in [1.165, 1.54) is 5.56 Å². The average molecular weight is 453 g/mol. The first kappa shape index (κ1) is 20.9. The Kier molecular flexibility index (Phi) is 4.55. The topological polar surface area (TPSA) is 101 Å². The Morgan fingerprint density at radius 1 is 1.15 bits per heavy atom. The second kappa shape index (κ2) is 7.40. The first-order valence-corrected chi connectivity index (χ1v) is 11.8. The lowest BCUT2D eigenvalue weighted by atomic mass is 9.73. The van der Waals surface area contributed by atoms with Gasteiger partial charge in [-0.3, -0.25) is 4.68 Å². The third-order valence-electron chi connectivity index (χ3n) is 8.06. The predicted octanol–water partition coefficient (Wildman–Crippen LogP) is 3.46. The summed E-state index contributed by atoms with van der Waals surface area (Å²) in [6.07, 6.45) is 6.71. The normalized spacial score (nSPS) is 19.0. The number of piperidine rings is 1.